The van der Waals surface area contributed by atoms with E-state index in [1.165, 1.54) is 18.7 Å². The molecular weight excluding hydrogens is 436 g/mol. The molecule has 0 aliphatic heterocycles. The van der Waals surface area contributed by atoms with Gasteiger partial charge in [0.05, 0.1) is 10.8 Å². The molecule has 3 rings (SSSR count). The number of anilines is 1. The monoisotopic (exact) mass is 458 g/mol. The predicted octanol–water partition coefficient (Wildman–Crippen LogP) is 4.57. The SMILES string of the molecule is COCCCn1c(SCC(=O)c2ccc(NC(C)=O)cc2)nnc1-c1ccccc1Cl. The maximum Gasteiger partial charge on any atom is 0.221 e. The Morgan fingerprint density at radius 2 is 1.87 bits per heavy atom. The quantitative estimate of drug-likeness (QED) is 0.272. The van der Waals surface area contributed by atoms with Crippen LogP contribution in [0.4, 0.5) is 5.69 Å². The number of amides is 1. The second-order valence-corrected chi connectivity index (χ2v) is 8.10. The molecule has 7 nitrogen and oxygen atoms in total. The number of benzene rings is 2. The summed E-state index contributed by atoms with van der Waals surface area (Å²) >= 11 is 7.69. The van der Waals surface area contributed by atoms with Crippen molar-refractivity contribution in [1.82, 2.24) is 14.8 Å². The Morgan fingerprint density at radius 3 is 2.55 bits per heavy atom. The zero-order valence-corrected chi connectivity index (χ0v) is 18.9. The van der Waals surface area contributed by atoms with Crippen molar-refractivity contribution in [3.8, 4) is 11.4 Å². The van der Waals surface area contributed by atoms with Crippen LogP contribution in [-0.2, 0) is 16.1 Å². The van der Waals surface area contributed by atoms with Crippen molar-refractivity contribution in [2.24, 2.45) is 0 Å². The fourth-order valence-corrected chi connectivity index (χ4v) is 4.04. The number of nitrogens with zero attached hydrogens (tertiary/aromatic N) is 3. The summed E-state index contributed by atoms with van der Waals surface area (Å²) in [6.45, 7) is 2.68. The van der Waals surface area contributed by atoms with Gasteiger partial charge in [0.15, 0.2) is 16.8 Å². The van der Waals surface area contributed by atoms with Crippen molar-refractivity contribution in [2.45, 2.75) is 25.0 Å². The van der Waals surface area contributed by atoms with Gasteiger partial charge < -0.3 is 14.6 Å². The van der Waals surface area contributed by atoms with Gasteiger partial charge in [0.2, 0.25) is 5.91 Å². The third-order valence-electron chi connectivity index (χ3n) is 4.42. The summed E-state index contributed by atoms with van der Waals surface area (Å²) in [7, 11) is 1.66. The summed E-state index contributed by atoms with van der Waals surface area (Å²) in [5.74, 6) is 0.683. The molecule has 0 saturated heterocycles. The van der Waals surface area contributed by atoms with Crippen molar-refractivity contribution in [3.05, 3.63) is 59.1 Å². The first kappa shape index (κ1) is 23.0. The number of aromatic nitrogens is 3. The van der Waals surface area contributed by atoms with Crippen LogP contribution < -0.4 is 5.32 Å². The minimum absolute atomic E-state index is 0.0369. The molecule has 0 bridgehead atoms. The lowest BCUT2D eigenvalue weighted by Gasteiger charge is -2.11. The van der Waals surface area contributed by atoms with Crippen LogP contribution in [0.15, 0.2) is 53.7 Å². The number of methoxy groups -OCH3 is 1. The number of thioether (sulfide) groups is 1. The van der Waals surface area contributed by atoms with E-state index in [1.807, 2.05) is 28.8 Å². The van der Waals surface area contributed by atoms with Gasteiger partial charge >= 0.3 is 0 Å². The molecule has 0 atom stereocenters. The number of halogens is 1. The van der Waals surface area contributed by atoms with Crippen molar-refractivity contribution in [3.63, 3.8) is 0 Å². The highest BCUT2D eigenvalue weighted by Crippen LogP contribution is 2.29. The fraction of sp³-hybridized carbons (Fsp3) is 0.273. The van der Waals surface area contributed by atoms with E-state index in [-0.39, 0.29) is 17.4 Å². The normalized spacial score (nSPS) is 10.8. The summed E-state index contributed by atoms with van der Waals surface area (Å²) < 4.78 is 7.14. The molecule has 0 saturated carbocycles. The number of Topliss-reactive ketones (excluding diaryl/α,β-unsaturated/α-hetero) is 1. The molecule has 1 heterocycles. The van der Waals surface area contributed by atoms with E-state index in [0.29, 0.717) is 40.4 Å². The topological polar surface area (TPSA) is 86.1 Å². The van der Waals surface area contributed by atoms with Gasteiger partial charge in [-0.3, -0.25) is 9.59 Å². The third-order valence-corrected chi connectivity index (χ3v) is 5.72. The summed E-state index contributed by atoms with van der Waals surface area (Å²) in [4.78, 5) is 23.8. The highest BCUT2D eigenvalue weighted by Gasteiger charge is 2.18. The predicted molar refractivity (Wildman–Crippen MR) is 123 cm³/mol. The molecule has 0 fully saturated rings. The number of ketones is 1. The second-order valence-electron chi connectivity index (χ2n) is 6.75. The van der Waals surface area contributed by atoms with E-state index in [4.69, 9.17) is 16.3 Å². The first-order valence-electron chi connectivity index (χ1n) is 9.70. The summed E-state index contributed by atoms with van der Waals surface area (Å²) in [6.07, 6.45) is 0.776. The third kappa shape index (κ3) is 6.16. The molecule has 0 aliphatic rings. The largest absolute Gasteiger partial charge is 0.385 e. The van der Waals surface area contributed by atoms with Crippen molar-refractivity contribution in [2.75, 3.05) is 24.8 Å². The van der Waals surface area contributed by atoms with Gasteiger partial charge in [-0.2, -0.15) is 0 Å². The fourth-order valence-electron chi connectivity index (χ4n) is 2.96. The van der Waals surface area contributed by atoms with Crippen molar-refractivity contribution >= 4 is 40.7 Å². The van der Waals surface area contributed by atoms with E-state index in [2.05, 4.69) is 15.5 Å². The van der Waals surface area contributed by atoms with Gasteiger partial charge in [0.1, 0.15) is 0 Å². The lowest BCUT2D eigenvalue weighted by atomic mass is 10.1. The molecule has 2 aromatic carbocycles. The zero-order chi connectivity index (χ0) is 22.2. The molecule has 0 aliphatic carbocycles. The molecular formula is C22H23ClN4O3S. The van der Waals surface area contributed by atoms with Gasteiger partial charge in [0, 0.05) is 44.0 Å². The number of ether oxygens (including phenoxy) is 1. The Balaban J connectivity index is 1.75. The average molecular weight is 459 g/mol. The van der Waals surface area contributed by atoms with Crippen LogP contribution in [0.1, 0.15) is 23.7 Å². The Kier molecular flexibility index (Phi) is 8.22. The molecule has 31 heavy (non-hydrogen) atoms. The zero-order valence-electron chi connectivity index (χ0n) is 17.3. The standard InChI is InChI=1S/C22H23ClN4O3S/c1-15(28)24-17-10-8-16(9-11-17)20(29)14-31-22-26-25-21(27(22)12-5-13-30-2)18-6-3-4-7-19(18)23/h3-4,6-11H,5,12-14H2,1-2H3,(H,24,28). The van der Waals surface area contributed by atoms with Gasteiger partial charge in [-0.05, 0) is 42.8 Å². The molecule has 0 radical (unpaired) electrons. The number of rotatable bonds is 10. The van der Waals surface area contributed by atoms with Crippen LogP contribution in [0.3, 0.4) is 0 Å². The lowest BCUT2D eigenvalue weighted by molar-refractivity contribution is -0.114. The number of carbonyl (C=O) groups excluding carboxylic acids is 2. The van der Waals surface area contributed by atoms with Crippen molar-refractivity contribution < 1.29 is 14.3 Å². The lowest BCUT2D eigenvalue weighted by Crippen LogP contribution is -2.08. The summed E-state index contributed by atoms with van der Waals surface area (Å²) in [5.41, 5.74) is 2.01. The van der Waals surface area contributed by atoms with Gasteiger partial charge in [0.25, 0.3) is 0 Å². The number of hydrogen-bond acceptors (Lipinski definition) is 6. The molecule has 0 spiro atoms. The molecule has 1 N–H and O–H groups in total. The Hall–Kier alpha value is -2.68. The first-order chi connectivity index (χ1) is 15.0. The van der Waals surface area contributed by atoms with Crippen LogP contribution in [-0.4, -0.2) is 45.9 Å². The Bertz CT molecular complexity index is 1050. The van der Waals surface area contributed by atoms with Gasteiger partial charge in [-0.15, -0.1) is 10.2 Å². The van der Waals surface area contributed by atoms with Crippen LogP contribution in [0.25, 0.3) is 11.4 Å². The molecule has 0 unspecified atom stereocenters. The van der Waals surface area contributed by atoms with Crippen LogP contribution in [0, 0.1) is 0 Å². The average Bonchev–Trinajstić information content (AvgIpc) is 3.15. The van der Waals surface area contributed by atoms with Crippen LogP contribution in [0.5, 0.6) is 0 Å². The number of hydrogen-bond donors (Lipinski definition) is 1. The Morgan fingerprint density at radius 1 is 1.13 bits per heavy atom. The Labute approximate surface area is 190 Å². The van der Waals surface area contributed by atoms with E-state index in [9.17, 15) is 9.59 Å². The van der Waals surface area contributed by atoms with Gasteiger partial charge in [-0.25, -0.2) is 0 Å². The smallest absolute Gasteiger partial charge is 0.221 e. The highest BCUT2D eigenvalue weighted by atomic mass is 35.5. The second kappa shape index (κ2) is 11.1. The summed E-state index contributed by atoms with van der Waals surface area (Å²) in [6, 6.07) is 14.3. The highest BCUT2D eigenvalue weighted by molar-refractivity contribution is 7.99. The molecule has 3 aromatic rings. The molecule has 1 aromatic heterocycles. The summed E-state index contributed by atoms with van der Waals surface area (Å²) in [5, 5.41) is 12.6. The molecule has 9 heteroatoms. The number of carbonyl (C=O) groups is 2. The minimum Gasteiger partial charge on any atom is -0.385 e. The van der Waals surface area contributed by atoms with Gasteiger partial charge in [-0.1, -0.05) is 35.5 Å². The maximum absolute atomic E-state index is 12.6. The number of nitrogens with one attached hydrogen (secondary N) is 1. The van der Waals surface area contributed by atoms with Crippen LogP contribution in [0.2, 0.25) is 5.02 Å². The minimum atomic E-state index is -0.156. The van der Waals surface area contributed by atoms with E-state index in [0.717, 1.165) is 12.0 Å². The van der Waals surface area contributed by atoms with E-state index < -0.39 is 0 Å². The maximum atomic E-state index is 12.6. The first-order valence-corrected chi connectivity index (χ1v) is 11.1. The van der Waals surface area contributed by atoms with Crippen LogP contribution >= 0.6 is 23.4 Å². The molecule has 162 valence electrons. The van der Waals surface area contributed by atoms with E-state index in [1.54, 1.807) is 31.4 Å². The van der Waals surface area contributed by atoms with Crippen molar-refractivity contribution in [1.29, 1.82) is 0 Å². The molecule has 1 amide bonds. The van der Waals surface area contributed by atoms with E-state index >= 15 is 0 Å².